The lowest BCUT2D eigenvalue weighted by Crippen LogP contribution is -2.41. The molecule has 2 aromatic rings. The van der Waals surface area contributed by atoms with Crippen molar-refractivity contribution in [1.82, 2.24) is 10.6 Å². The van der Waals surface area contributed by atoms with Crippen LogP contribution >= 0.6 is 0 Å². The van der Waals surface area contributed by atoms with Crippen molar-refractivity contribution in [3.8, 4) is 0 Å². The number of nitrogens with one attached hydrogen (secondary N) is 2. The highest BCUT2D eigenvalue weighted by atomic mass is 16.3. The molecule has 21 heavy (non-hydrogen) atoms. The fourth-order valence-corrected chi connectivity index (χ4v) is 2.20. The Morgan fingerprint density at radius 3 is 2.95 bits per heavy atom. The summed E-state index contributed by atoms with van der Waals surface area (Å²) in [4.78, 5) is 11.7. The number of aliphatic hydroxyl groups excluding tert-OH is 1. The minimum absolute atomic E-state index is 0.0587. The van der Waals surface area contributed by atoms with Crippen molar-refractivity contribution in [2.75, 3.05) is 13.2 Å². The van der Waals surface area contributed by atoms with Crippen molar-refractivity contribution in [1.29, 1.82) is 0 Å². The van der Waals surface area contributed by atoms with Gasteiger partial charge >= 0.3 is 6.03 Å². The molecule has 0 aliphatic heterocycles. The van der Waals surface area contributed by atoms with Crippen LogP contribution in [-0.4, -0.2) is 30.3 Å². The van der Waals surface area contributed by atoms with Gasteiger partial charge in [-0.2, -0.15) is 0 Å². The smallest absolute Gasteiger partial charge is 0.315 e. The molecule has 3 N–H and O–H groups in total. The molecular weight excluding hydrogens is 268 g/mol. The summed E-state index contributed by atoms with van der Waals surface area (Å²) in [5.41, 5.74) is 0.870. The van der Waals surface area contributed by atoms with Gasteiger partial charge in [0.05, 0.1) is 0 Å². The first kappa shape index (κ1) is 15.4. The standard InChI is InChI=1S/C16H22N2O3/c1-12(5-4-10-19)18-16(20)17-9-8-14-11-13-6-2-3-7-15(13)21-14/h2-3,6-7,11-12,19H,4-5,8-10H2,1H3,(H2,17,18,20). The van der Waals surface area contributed by atoms with Crippen molar-refractivity contribution in [2.24, 2.45) is 0 Å². The van der Waals surface area contributed by atoms with E-state index < -0.39 is 0 Å². The van der Waals surface area contributed by atoms with Gasteiger partial charge in [-0.1, -0.05) is 18.2 Å². The average Bonchev–Trinajstić information content (AvgIpc) is 2.87. The summed E-state index contributed by atoms with van der Waals surface area (Å²) >= 11 is 0. The molecule has 5 heteroatoms. The van der Waals surface area contributed by atoms with Crippen molar-refractivity contribution in [3.63, 3.8) is 0 Å². The maximum atomic E-state index is 11.7. The number of benzene rings is 1. The number of carbonyl (C=O) groups is 1. The lowest BCUT2D eigenvalue weighted by Gasteiger charge is -2.13. The summed E-state index contributed by atoms with van der Waals surface area (Å²) < 4.78 is 5.68. The summed E-state index contributed by atoms with van der Waals surface area (Å²) in [6.45, 7) is 2.60. The van der Waals surface area contributed by atoms with Gasteiger partial charge < -0.3 is 20.2 Å². The summed E-state index contributed by atoms with van der Waals surface area (Å²) in [5.74, 6) is 0.866. The van der Waals surface area contributed by atoms with E-state index in [-0.39, 0.29) is 18.7 Å². The first-order valence-corrected chi connectivity index (χ1v) is 7.31. The molecule has 1 aromatic heterocycles. The number of rotatable bonds is 7. The van der Waals surface area contributed by atoms with E-state index in [2.05, 4.69) is 10.6 Å². The quantitative estimate of drug-likeness (QED) is 0.733. The van der Waals surface area contributed by atoms with E-state index in [4.69, 9.17) is 9.52 Å². The maximum Gasteiger partial charge on any atom is 0.315 e. The van der Waals surface area contributed by atoms with Crippen LogP contribution in [0.1, 0.15) is 25.5 Å². The first-order valence-electron chi connectivity index (χ1n) is 7.31. The van der Waals surface area contributed by atoms with Gasteiger partial charge in [0.15, 0.2) is 0 Å². The van der Waals surface area contributed by atoms with E-state index in [1.165, 1.54) is 0 Å². The number of fused-ring (bicyclic) bond motifs is 1. The minimum atomic E-state index is -0.184. The van der Waals surface area contributed by atoms with Crippen LogP contribution in [0.3, 0.4) is 0 Å². The largest absolute Gasteiger partial charge is 0.461 e. The Kier molecular flexibility index (Phi) is 5.63. The summed E-state index contributed by atoms with van der Waals surface area (Å²) in [7, 11) is 0. The molecule has 0 fully saturated rings. The Bertz CT molecular complexity index is 547. The Morgan fingerprint density at radius 1 is 1.38 bits per heavy atom. The predicted octanol–water partition coefficient (Wildman–Crippen LogP) is 2.44. The molecule has 0 bridgehead atoms. The number of urea groups is 1. The van der Waals surface area contributed by atoms with Crippen molar-refractivity contribution in [2.45, 2.75) is 32.2 Å². The highest BCUT2D eigenvalue weighted by Crippen LogP contribution is 2.18. The number of furan rings is 1. The molecule has 1 atom stereocenters. The van der Waals surface area contributed by atoms with E-state index in [1.54, 1.807) is 0 Å². The third kappa shape index (κ3) is 4.79. The zero-order valence-electron chi connectivity index (χ0n) is 12.3. The van der Waals surface area contributed by atoms with Gasteiger partial charge in [0.25, 0.3) is 0 Å². The molecule has 5 nitrogen and oxygen atoms in total. The van der Waals surface area contributed by atoms with Crippen LogP contribution in [-0.2, 0) is 6.42 Å². The van der Waals surface area contributed by atoms with Crippen LogP contribution in [0.25, 0.3) is 11.0 Å². The second-order valence-corrected chi connectivity index (χ2v) is 5.17. The molecule has 0 spiro atoms. The van der Waals surface area contributed by atoms with Crippen LogP contribution in [0.2, 0.25) is 0 Å². The van der Waals surface area contributed by atoms with E-state index in [1.807, 2.05) is 37.3 Å². The fraction of sp³-hybridized carbons (Fsp3) is 0.438. The SMILES string of the molecule is CC(CCCO)NC(=O)NCCc1cc2ccccc2o1. The van der Waals surface area contributed by atoms with Crippen LogP contribution in [0.15, 0.2) is 34.7 Å². The maximum absolute atomic E-state index is 11.7. The Labute approximate surface area is 124 Å². The van der Waals surface area contributed by atoms with Gasteiger partial charge in [0.1, 0.15) is 11.3 Å². The topological polar surface area (TPSA) is 74.5 Å². The highest BCUT2D eigenvalue weighted by molar-refractivity contribution is 5.77. The van der Waals surface area contributed by atoms with Gasteiger partial charge in [0, 0.05) is 31.0 Å². The number of carbonyl (C=O) groups excluding carboxylic acids is 1. The lowest BCUT2D eigenvalue weighted by molar-refractivity contribution is 0.234. The monoisotopic (exact) mass is 290 g/mol. The first-order chi connectivity index (χ1) is 10.2. The highest BCUT2D eigenvalue weighted by Gasteiger charge is 2.07. The van der Waals surface area contributed by atoms with Crippen molar-refractivity contribution >= 4 is 17.0 Å². The summed E-state index contributed by atoms with van der Waals surface area (Å²) in [6, 6.07) is 9.72. The molecule has 0 aliphatic rings. The summed E-state index contributed by atoms with van der Waals surface area (Å²) in [5, 5.41) is 15.5. The molecule has 0 saturated carbocycles. The van der Waals surface area contributed by atoms with Crippen LogP contribution in [0.5, 0.6) is 0 Å². The van der Waals surface area contributed by atoms with E-state index >= 15 is 0 Å². The normalized spacial score (nSPS) is 12.3. The molecule has 0 radical (unpaired) electrons. The van der Waals surface area contributed by atoms with E-state index in [9.17, 15) is 4.79 Å². The van der Waals surface area contributed by atoms with Crippen molar-refractivity contribution in [3.05, 3.63) is 36.1 Å². The Balaban J connectivity index is 1.72. The number of hydrogen-bond donors (Lipinski definition) is 3. The molecule has 2 rings (SSSR count). The molecule has 114 valence electrons. The Morgan fingerprint density at radius 2 is 2.19 bits per heavy atom. The van der Waals surface area contributed by atoms with Crippen molar-refractivity contribution < 1.29 is 14.3 Å². The molecule has 2 amide bonds. The molecule has 0 aliphatic carbocycles. The third-order valence-corrected chi connectivity index (χ3v) is 3.31. The van der Waals surface area contributed by atoms with E-state index in [0.717, 1.165) is 23.2 Å². The molecule has 0 saturated heterocycles. The zero-order valence-corrected chi connectivity index (χ0v) is 12.3. The van der Waals surface area contributed by atoms with Crippen LogP contribution < -0.4 is 10.6 Å². The second-order valence-electron chi connectivity index (χ2n) is 5.17. The Hall–Kier alpha value is -2.01. The third-order valence-electron chi connectivity index (χ3n) is 3.31. The van der Waals surface area contributed by atoms with Gasteiger partial charge in [-0.25, -0.2) is 4.79 Å². The van der Waals surface area contributed by atoms with Gasteiger partial charge in [-0.05, 0) is 31.9 Å². The minimum Gasteiger partial charge on any atom is -0.461 e. The number of amides is 2. The molecule has 1 heterocycles. The lowest BCUT2D eigenvalue weighted by atomic mass is 10.2. The summed E-state index contributed by atoms with van der Waals surface area (Å²) in [6.07, 6.45) is 2.13. The van der Waals surface area contributed by atoms with Crippen LogP contribution in [0, 0.1) is 0 Å². The molecule has 1 unspecified atom stereocenters. The van der Waals surface area contributed by atoms with Crippen LogP contribution in [0.4, 0.5) is 4.79 Å². The zero-order chi connectivity index (χ0) is 15.1. The second kappa shape index (κ2) is 7.69. The van der Waals surface area contributed by atoms with Gasteiger partial charge in [-0.15, -0.1) is 0 Å². The average molecular weight is 290 g/mol. The number of aliphatic hydroxyl groups is 1. The van der Waals surface area contributed by atoms with E-state index in [0.29, 0.717) is 19.4 Å². The number of para-hydroxylation sites is 1. The molecular formula is C16H22N2O3. The van der Waals surface area contributed by atoms with Gasteiger partial charge in [0.2, 0.25) is 0 Å². The number of hydrogen-bond acceptors (Lipinski definition) is 3. The fourth-order valence-electron chi connectivity index (χ4n) is 2.20. The predicted molar refractivity (Wildman–Crippen MR) is 82.2 cm³/mol. The molecule has 1 aromatic carbocycles. The van der Waals surface area contributed by atoms with Gasteiger partial charge in [-0.3, -0.25) is 0 Å².